The SMILES string of the molecule is CCCCN(Cc1ccc(NCCC)nc1)C(C)CC. The number of nitrogens with zero attached hydrogens (tertiary/aromatic N) is 2. The molecule has 0 bridgehead atoms. The molecule has 0 amide bonds. The summed E-state index contributed by atoms with van der Waals surface area (Å²) < 4.78 is 0. The lowest BCUT2D eigenvalue weighted by Gasteiger charge is -2.28. The van der Waals surface area contributed by atoms with Crippen LogP contribution in [0.1, 0.15) is 58.9 Å². The van der Waals surface area contributed by atoms with Gasteiger partial charge in [-0.2, -0.15) is 0 Å². The molecule has 1 aromatic rings. The van der Waals surface area contributed by atoms with Crippen molar-refractivity contribution in [2.75, 3.05) is 18.4 Å². The maximum Gasteiger partial charge on any atom is 0.125 e. The standard InChI is InChI=1S/C17H31N3/c1-5-8-12-20(15(4)7-3)14-16-9-10-17(19-13-16)18-11-6-2/h9-10,13,15H,5-8,11-12,14H2,1-4H3,(H,18,19). The average Bonchev–Trinajstić information content (AvgIpc) is 2.49. The molecule has 1 atom stereocenters. The van der Waals surface area contributed by atoms with Gasteiger partial charge in [0.15, 0.2) is 0 Å². The van der Waals surface area contributed by atoms with Crippen LogP contribution in [0.3, 0.4) is 0 Å². The molecule has 0 aromatic carbocycles. The van der Waals surface area contributed by atoms with E-state index in [1.807, 2.05) is 6.20 Å². The summed E-state index contributed by atoms with van der Waals surface area (Å²) in [6.45, 7) is 12.2. The van der Waals surface area contributed by atoms with Crippen molar-refractivity contribution in [2.45, 2.75) is 66.0 Å². The van der Waals surface area contributed by atoms with Crippen molar-refractivity contribution in [1.82, 2.24) is 9.88 Å². The van der Waals surface area contributed by atoms with Crippen molar-refractivity contribution in [3.05, 3.63) is 23.9 Å². The highest BCUT2D eigenvalue weighted by atomic mass is 15.1. The minimum atomic E-state index is 0.638. The summed E-state index contributed by atoms with van der Waals surface area (Å²) in [4.78, 5) is 7.07. The van der Waals surface area contributed by atoms with Crippen LogP contribution in [-0.4, -0.2) is 29.0 Å². The predicted molar refractivity (Wildman–Crippen MR) is 88.1 cm³/mol. The second-order valence-electron chi connectivity index (χ2n) is 5.56. The zero-order chi connectivity index (χ0) is 14.8. The molecule has 0 saturated heterocycles. The molecule has 0 aliphatic heterocycles. The van der Waals surface area contributed by atoms with Crippen molar-refractivity contribution in [2.24, 2.45) is 0 Å². The molecule has 20 heavy (non-hydrogen) atoms. The monoisotopic (exact) mass is 277 g/mol. The molecule has 0 fully saturated rings. The first kappa shape index (κ1) is 17.0. The summed E-state index contributed by atoms with van der Waals surface area (Å²) in [7, 11) is 0. The van der Waals surface area contributed by atoms with Crippen LogP contribution in [-0.2, 0) is 6.54 Å². The van der Waals surface area contributed by atoms with Gasteiger partial charge in [-0.15, -0.1) is 0 Å². The van der Waals surface area contributed by atoms with Crippen LogP contribution in [0, 0.1) is 0 Å². The van der Waals surface area contributed by atoms with Gasteiger partial charge in [0.05, 0.1) is 0 Å². The van der Waals surface area contributed by atoms with Gasteiger partial charge in [0.2, 0.25) is 0 Å². The van der Waals surface area contributed by atoms with Crippen LogP contribution in [0.4, 0.5) is 5.82 Å². The van der Waals surface area contributed by atoms with E-state index in [9.17, 15) is 0 Å². The minimum absolute atomic E-state index is 0.638. The number of anilines is 1. The molecule has 0 spiro atoms. The molecule has 0 aliphatic carbocycles. The Morgan fingerprint density at radius 2 is 2.00 bits per heavy atom. The molecule has 114 valence electrons. The van der Waals surface area contributed by atoms with Crippen molar-refractivity contribution in [3.8, 4) is 0 Å². The van der Waals surface area contributed by atoms with Crippen molar-refractivity contribution < 1.29 is 0 Å². The van der Waals surface area contributed by atoms with Gasteiger partial charge in [-0.3, -0.25) is 4.90 Å². The van der Waals surface area contributed by atoms with Gasteiger partial charge in [-0.1, -0.05) is 33.3 Å². The Balaban J connectivity index is 2.58. The molecule has 0 aliphatic rings. The van der Waals surface area contributed by atoms with E-state index in [1.54, 1.807) is 0 Å². The van der Waals surface area contributed by atoms with Gasteiger partial charge in [0.1, 0.15) is 5.82 Å². The lowest BCUT2D eigenvalue weighted by molar-refractivity contribution is 0.192. The number of nitrogens with one attached hydrogen (secondary N) is 1. The van der Waals surface area contributed by atoms with Crippen LogP contribution in [0.5, 0.6) is 0 Å². The third kappa shape index (κ3) is 5.91. The zero-order valence-corrected chi connectivity index (χ0v) is 13.7. The molecule has 0 saturated carbocycles. The second-order valence-corrected chi connectivity index (χ2v) is 5.56. The number of pyridine rings is 1. The first-order chi connectivity index (χ1) is 9.71. The fourth-order valence-corrected chi connectivity index (χ4v) is 2.18. The fraction of sp³-hybridized carbons (Fsp3) is 0.706. The fourth-order valence-electron chi connectivity index (χ4n) is 2.18. The summed E-state index contributed by atoms with van der Waals surface area (Å²) >= 11 is 0. The van der Waals surface area contributed by atoms with Crippen molar-refractivity contribution in [1.29, 1.82) is 0 Å². The van der Waals surface area contributed by atoms with Gasteiger partial charge in [-0.05, 0) is 44.4 Å². The normalized spacial score (nSPS) is 12.7. The predicted octanol–water partition coefficient (Wildman–Crippen LogP) is 4.30. The molecular formula is C17H31N3. The quantitative estimate of drug-likeness (QED) is 0.691. The average molecular weight is 277 g/mol. The van der Waals surface area contributed by atoms with Crippen LogP contribution < -0.4 is 5.32 Å². The van der Waals surface area contributed by atoms with Gasteiger partial charge >= 0.3 is 0 Å². The van der Waals surface area contributed by atoms with Gasteiger partial charge < -0.3 is 5.32 Å². The van der Waals surface area contributed by atoms with E-state index in [-0.39, 0.29) is 0 Å². The number of aromatic nitrogens is 1. The first-order valence-electron chi connectivity index (χ1n) is 8.14. The highest BCUT2D eigenvalue weighted by Gasteiger charge is 2.12. The number of hydrogen-bond acceptors (Lipinski definition) is 3. The molecule has 1 heterocycles. The molecule has 0 radical (unpaired) electrons. The minimum Gasteiger partial charge on any atom is -0.370 e. The summed E-state index contributed by atoms with van der Waals surface area (Å²) in [6.07, 6.45) is 6.87. The van der Waals surface area contributed by atoms with Crippen molar-refractivity contribution >= 4 is 5.82 Å². The molecular weight excluding hydrogens is 246 g/mol. The Morgan fingerprint density at radius 3 is 2.55 bits per heavy atom. The smallest absolute Gasteiger partial charge is 0.125 e. The van der Waals surface area contributed by atoms with Gasteiger partial charge in [0.25, 0.3) is 0 Å². The summed E-state index contributed by atoms with van der Waals surface area (Å²) in [5.41, 5.74) is 1.31. The maximum atomic E-state index is 4.50. The van der Waals surface area contributed by atoms with Gasteiger partial charge in [-0.25, -0.2) is 4.98 Å². The summed E-state index contributed by atoms with van der Waals surface area (Å²) in [6, 6.07) is 4.94. The van der Waals surface area contributed by atoms with Gasteiger partial charge in [0, 0.05) is 25.3 Å². The Labute approximate surface area is 124 Å². The molecule has 1 aromatic heterocycles. The lowest BCUT2D eigenvalue weighted by atomic mass is 10.1. The molecule has 1 unspecified atom stereocenters. The summed E-state index contributed by atoms with van der Waals surface area (Å²) in [5, 5.41) is 3.32. The third-order valence-corrected chi connectivity index (χ3v) is 3.78. The van der Waals surface area contributed by atoms with Crippen molar-refractivity contribution in [3.63, 3.8) is 0 Å². The van der Waals surface area contributed by atoms with Crippen LogP contribution in [0.15, 0.2) is 18.3 Å². The van der Waals surface area contributed by atoms with E-state index in [2.05, 4.69) is 55.0 Å². The topological polar surface area (TPSA) is 28.2 Å². The number of hydrogen-bond donors (Lipinski definition) is 1. The molecule has 3 nitrogen and oxygen atoms in total. The lowest BCUT2D eigenvalue weighted by Crippen LogP contribution is -2.33. The van der Waals surface area contributed by atoms with E-state index in [4.69, 9.17) is 0 Å². The number of rotatable bonds is 10. The maximum absolute atomic E-state index is 4.50. The largest absolute Gasteiger partial charge is 0.370 e. The molecule has 1 rings (SSSR count). The van der Waals surface area contributed by atoms with E-state index < -0.39 is 0 Å². The van der Waals surface area contributed by atoms with E-state index in [0.29, 0.717) is 6.04 Å². The Kier molecular flexibility index (Phi) is 8.28. The third-order valence-electron chi connectivity index (χ3n) is 3.78. The highest BCUT2D eigenvalue weighted by Crippen LogP contribution is 2.13. The van der Waals surface area contributed by atoms with E-state index >= 15 is 0 Å². The Hall–Kier alpha value is -1.09. The van der Waals surface area contributed by atoms with E-state index in [0.717, 1.165) is 25.3 Å². The second kappa shape index (κ2) is 9.76. The number of unbranched alkanes of at least 4 members (excludes halogenated alkanes) is 1. The highest BCUT2D eigenvalue weighted by molar-refractivity contribution is 5.35. The van der Waals surface area contributed by atoms with Crippen LogP contribution in [0.2, 0.25) is 0 Å². The van der Waals surface area contributed by atoms with Crippen LogP contribution >= 0.6 is 0 Å². The summed E-state index contributed by atoms with van der Waals surface area (Å²) in [5.74, 6) is 0.985. The zero-order valence-electron chi connectivity index (χ0n) is 13.7. The van der Waals surface area contributed by atoms with Crippen LogP contribution in [0.25, 0.3) is 0 Å². The first-order valence-corrected chi connectivity index (χ1v) is 8.14. The Bertz CT molecular complexity index is 348. The molecule has 1 N–H and O–H groups in total. The Morgan fingerprint density at radius 1 is 1.20 bits per heavy atom. The molecule has 3 heteroatoms. The van der Waals surface area contributed by atoms with E-state index in [1.165, 1.54) is 31.4 Å².